The van der Waals surface area contributed by atoms with Crippen LogP contribution in [0.2, 0.25) is 0 Å². The van der Waals surface area contributed by atoms with E-state index in [1.54, 1.807) is 0 Å². The number of carbonyl (C=O) groups is 2. The molecule has 1 heterocycles. The summed E-state index contributed by atoms with van der Waals surface area (Å²) in [5.41, 5.74) is 0. The average Bonchev–Trinajstić information content (AvgIpc) is 3.33. The predicted molar refractivity (Wildman–Crippen MR) is 98.5 cm³/mol. The maximum atomic E-state index is 12.8. The maximum absolute atomic E-state index is 12.8. The van der Waals surface area contributed by atoms with Crippen LogP contribution in [0.25, 0.3) is 0 Å². The molecule has 2 aliphatic carbocycles. The third-order valence-electron chi connectivity index (χ3n) is 5.60. The van der Waals surface area contributed by atoms with E-state index >= 15 is 0 Å². The molecular formula is C20H29NO2S. The Balaban J connectivity index is 1.54. The molecule has 0 spiro atoms. The van der Waals surface area contributed by atoms with E-state index in [0.717, 1.165) is 41.4 Å². The van der Waals surface area contributed by atoms with Gasteiger partial charge in [0.15, 0.2) is 5.78 Å². The summed E-state index contributed by atoms with van der Waals surface area (Å²) in [4.78, 5) is 29.2. The molecule has 0 aliphatic heterocycles. The minimum Gasteiger partial charge on any atom is -0.337 e. The normalized spacial score (nSPS) is 23.9. The number of hydrogen-bond donors (Lipinski definition) is 0. The van der Waals surface area contributed by atoms with Gasteiger partial charge in [0.25, 0.3) is 0 Å². The number of rotatable bonds is 7. The van der Waals surface area contributed by atoms with Gasteiger partial charge in [0.05, 0.1) is 4.88 Å². The van der Waals surface area contributed by atoms with Crippen molar-refractivity contribution in [3.05, 3.63) is 21.9 Å². The van der Waals surface area contributed by atoms with Crippen LogP contribution < -0.4 is 0 Å². The number of thiophene rings is 1. The molecule has 2 fully saturated rings. The van der Waals surface area contributed by atoms with Gasteiger partial charge in [-0.15, -0.1) is 11.3 Å². The first-order chi connectivity index (χ1) is 11.6. The van der Waals surface area contributed by atoms with Crippen LogP contribution in [0.15, 0.2) is 12.1 Å². The number of Topliss-reactive ketones (excluding diaryl/α,β-unsaturated/α-hetero) is 1. The van der Waals surface area contributed by atoms with E-state index in [1.807, 2.05) is 19.1 Å². The highest BCUT2D eigenvalue weighted by atomic mass is 32.1. The summed E-state index contributed by atoms with van der Waals surface area (Å²) in [6.45, 7) is 4.28. The Hall–Kier alpha value is -1.16. The Bertz CT molecular complexity index is 582. The molecule has 0 aromatic carbocycles. The van der Waals surface area contributed by atoms with Gasteiger partial charge in [-0.05, 0) is 63.5 Å². The molecule has 24 heavy (non-hydrogen) atoms. The van der Waals surface area contributed by atoms with Gasteiger partial charge in [0, 0.05) is 29.8 Å². The molecule has 0 saturated heterocycles. The number of aryl methyl sites for hydroxylation is 1. The van der Waals surface area contributed by atoms with E-state index in [2.05, 4.69) is 11.8 Å². The van der Waals surface area contributed by atoms with Crippen LogP contribution in [0.4, 0.5) is 0 Å². The second kappa shape index (κ2) is 7.81. The molecule has 2 saturated carbocycles. The molecule has 0 N–H and O–H groups in total. The Morgan fingerprint density at radius 3 is 2.17 bits per heavy atom. The second-order valence-electron chi connectivity index (χ2n) is 7.45. The Morgan fingerprint density at radius 1 is 1.04 bits per heavy atom. The molecule has 3 rings (SSSR count). The maximum Gasteiger partial charge on any atom is 0.223 e. The van der Waals surface area contributed by atoms with Crippen LogP contribution in [-0.2, 0) is 4.79 Å². The van der Waals surface area contributed by atoms with Crippen molar-refractivity contribution in [2.45, 2.75) is 83.7 Å². The zero-order valence-electron chi connectivity index (χ0n) is 14.9. The van der Waals surface area contributed by atoms with E-state index in [0.29, 0.717) is 24.9 Å². The van der Waals surface area contributed by atoms with Gasteiger partial charge in [-0.3, -0.25) is 9.59 Å². The first-order valence-electron chi connectivity index (χ1n) is 9.49. The van der Waals surface area contributed by atoms with Crippen LogP contribution >= 0.6 is 11.3 Å². The SMILES string of the molecule is CCC1CCC(N(C(=O)CCC(=O)c2ccc(C)s2)C2CC2)CC1. The summed E-state index contributed by atoms with van der Waals surface area (Å²) in [5, 5.41) is 0. The summed E-state index contributed by atoms with van der Waals surface area (Å²) in [6.07, 6.45) is 9.11. The van der Waals surface area contributed by atoms with E-state index in [9.17, 15) is 9.59 Å². The van der Waals surface area contributed by atoms with E-state index in [4.69, 9.17) is 0 Å². The number of nitrogens with zero attached hydrogens (tertiary/aromatic N) is 1. The Morgan fingerprint density at radius 2 is 1.67 bits per heavy atom. The van der Waals surface area contributed by atoms with Crippen LogP contribution in [0, 0.1) is 12.8 Å². The summed E-state index contributed by atoms with van der Waals surface area (Å²) in [6, 6.07) is 4.74. The lowest BCUT2D eigenvalue weighted by molar-refractivity contribution is -0.135. The van der Waals surface area contributed by atoms with Crippen LogP contribution in [0.1, 0.15) is 79.3 Å². The van der Waals surface area contributed by atoms with Crippen molar-refractivity contribution in [3.63, 3.8) is 0 Å². The summed E-state index contributed by atoms with van der Waals surface area (Å²) >= 11 is 1.53. The molecule has 0 radical (unpaired) electrons. The molecule has 1 aromatic heterocycles. The molecule has 0 unspecified atom stereocenters. The number of ketones is 1. The second-order valence-corrected chi connectivity index (χ2v) is 8.74. The van der Waals surface area contributed by atoms with Gasteiger partial charge < -0.3 is 4.90 Å². The fourth-order valence-electron chi connectivity index (χ4n) is 3.95. The first-order valence-corrected chi connectivity index (χ1v) is 10.3. The highest BCUT2D eigenvalue weighted by molar-refractivity contribution is 7.14. The highest BCUT2D eigenvalue weighted by Gasteiger charge is 2.38. The predicted octanol–water partition coefficient (Wildman–Crippen LogP) is 4.98. The van der Waals surface area contributed by atoms with Gasteiger partial charge in [0.1, 0.15) is 0 Å². The minimum atomic E-state index is 0.117. The summed E-state index contributed by atoms with van der Waals surface area (Å²) in [7, 11) is 0. The smallest absolute Gasteiger partial charge is 0.223 e. The molecular weight excluding hydrogens is 318 g/mol. The molecule has 3 nitrogen and oxygen atoms in total. The van der Waals surface area contributed by atoms with E-state index in [-0.39, 0.29) is 11.7 Å². The lowest BCUT2D eigenvalue weighted by Gasteiger charge is -2.37. The topological polar surface area (TPSA) is 37.4 Å². The number of carbonyl (C=O) groups excluding carboxylic acids is 2. The molecule has 0 atom stereocenters. The van der Waals surface area contributed by atoms with Crippen molar-refractivity contribution in [2.75, 3.05) is 0 Å². The molecule has 0 bridgehead atoms. The van der Waals surface area contributed by atoms with Crippen molar-refractivity contribution in [3.8, 4) is 0 Å². The standard InChI is InChI=1S/C20H29NO2S/c1-3-15-5-7-16(8-6-15)21(17-9-10-17)20(23)13-11-18(22)19-12-4-14(2)24-19/h4,12,15-17H,3,5-11,13H2,1-2H3. The Labute approximate surface area is 149 Å². The van der Waals surface area contributed by atoms with Crippen molar-refractivity contribution < 1.29 is 9.59 Å². The number of hydrogen-bond acceptors (Lipinski definition) is 3. The highest BCUT2D eigenvalue weighted by Crippen LogP contribution is 2.36. The quantitative estimate of drug-likeness (QED) is 0.652. The van der Waals surface area contributed by atoms with Gasteiger partial charge in [-0.2, -0.15) is 0 Å². The monoisotopic (exact) mass is 347 g/mol. The molecule has 4 heteroatoms. The zero-order chi connectivity index (χ0) is 17.1. The van der Waals surface area contributed by atoms with Crippen LogP contribution in [-0.4, -0.2) is 28.7 Å². The van der Waals surface area contributed by atoms with E-state index in [1.165, 1.54) is 30.6 Å². The van der Waals surface area contributed by atoms with Gasteiger partial charge in [-0.1, -0.05) is 13.3 Å². The van der Waals surface area contributed by atoms with Crippen LogP contribution in [0.3, 0.4) is 0 Å². The largest absolute Gasteiger partial charge is 0.337 e. The van der Waals surface area contributed by atoms with Crippen molar-refractivity contribution in [1.82, 2.24) is 4.90 Å². The van der Waals surface area contributed by atoms with Gasteiger partial charge >= 0.3 is 0 Å². The van der Waals surface area contributed by atoms with Crippen molar-refractivity contribution in [2.24, 2.45) is 5.92 Å². The summed E-state index contributed by atoms with van der Waals surface area (Å²) < 4.78 is 0. The number of amides is 1. The first kappa shape index (κ1) is 17.7. The fraction of sp³-hybridized carbons (Fsp3) is 0.700. The molecule has 1 amide bonds. The summed E-state index contributed by atoms with van der Waals surface area (Å²) in [5.74, 6) is 1.17. The fourth-order valence-corrected chi connectivity index (χ4v) is 4.78. The van der Waals surface area contributed by atoms with Crippen molar-refractivity contribution >= 4 is 23.0 Å². The van der Waals surface area contributed by atoms with Gasteiger partial charge in [-0.25, -0.2) is 0 Å². The minimum absolute atomic E-state index is 0.117. The average molecular weight is 348 g/mol. The lowest BCUT2D eigenvalue weighted by atomic mass is 9.83. The third-order valence-corrected chi connectivity index (χ3v) is 6.64. The van der Waals surface area contributed by atoms with Crippen LogP contribution in [0.5, 0.6) is 0 Å². The molecule has 2 aliphatic rings. The molecule has 1 aromatic rings. The third kappa shape index (κ3) is 4.27. The van der Waals surface area contributed by atoms with Gasteiger partial charge in [0.2, 0.25) is 5.91 Å². The Kier molecular flexibility index (Phi) is 5.75. The molecule has 132 valence electrons. The zero-order valence-corrected chi connectivity index (χ0v) is 15.7. The van der Waals surface area contributed by atoms with Crippen molar-refractivity contribution in [1.29, 1.82) is 0 Å². The van der Waals surface area contributed by atoms with E-state index < -0.39 is 0 Å². The lowest BCUT2D eigenvalue weighted by Crippen LogP contribution is -2.44.